The third kappa shape index (κ3) is 2.56. The van der Waals surface area contributed by atoms with Crippen LogP contribution < -0.4 is 0 Å². The maximum atomic E-state index is 12.0. The van der Waals surface area contributed by atoms with E-state index >= 15 is 0 Å². The standard InChI is InChI=1S/C10H15N3O2S/c1-10(15)3-2-5-13(6-4-10)9(14)8-7-11-16-12-8/h7,15H,2-6H2,1H3. The zero-order valence-corrected chi connectivity index (χ0v) is 10.0. The van der Waals surface area contributed by atoms with Crippen LogP contribution in [0.2, 0.25) is 0 Å². The van der Waals surface area contributed by atoms with Gasteiger partial charge in [0, 0.05) is 13.1 Å². The summed E-state index contributed by atoms with van der Waals surface area (Å²) in [6.07, 6.45) is 3.69. The molecule has 1 saturated heterocycles. The Kier molecular flexibility index (Phi) is 3.20. The van der Waals surface area contributed by atoms with E-state index in [-0.39, 0.29) is 5.91 Å². The molecule has 1 fully saturated rings. The zero-order valence-electron chi connectivity index (χ0n) is 9.22. The van der Waals surface area contributed by atoms with Crippen LogP contribution in [0.4, 0.5) is 0 Å². The number of rotatable bonds is 1. The van der Waals surface area contributed by atoms with Gasteiger partial charge in [0.15, 0.2) is 5.69 Å². The van der Waals surface area contributed by atoms with Crippen molar-refractivity contribution >= 4 is 17.6 Å². The summed E-state index contributed by atoms with van der Waals surface area (Å²) in [6.45, 7) is 3.10. The Bertz CT molecular complexity index is 364. The first-order chi connectivity index (χ1) is 7.58. The molecule has 1 unspecified atom stereocenters. The summed E-state index contributed by atoms with van der Waals surface area (Å²) in [5, 5.41) is 9.92. The first kappa shape index (κ1) is 11.5. The van der Waals surface area contributed by atoms with E-state index in [9.17, 15) is 9.90 Å². The van der Waals surface area contributed by atoms with Crippen LogP contribution in [-0.2, 0) is 0 Å². The SMILES string of the molecule is CC1(O)CCCN(C(=O)c2cnsn2)CC1. The minimum absolute atomic E-state index is 0.0774. The first-order valence-electron chi connectivity index (χ1n) is 5.38. The van der Waals surface area contributed by atoms with Crippen LogP contribution in [0.15, 0.2) is 6.20 Å². The van der Waals surface area contributed by atoms with E-state index in [0.717, 1.165) is 24.6 Å². The first-order valence-corrected chi connectivity index (χ1v) is 6.11. The highest BCUT2D eigenvalue weighted by Gasteiger charge is 2.28. The number of amides is 1. The molecule has 1 aliphatic heterocycles. The molecule has 1 aromatic rings. The number of aliphatic hydroxyl groups is 1. The van der Waals surface area contributed by atoms with Gasteiger partial charge in [0.05, 0.1) is 23.5 Å². The van der Waals surface area contributed by atoms with Crippen molar-refractivity contribution in [3.05, 3.63) is 11.9 Å². The molecule has 0 bridgehead atoms. The minimum atomic E-state index is -0.643. The van der Waals surface area contributed by atoms with Gasteiger partial charge in [-0.25, -0.2) is 0 Å². The number of nitrogens with zero attached hydrogens (tertiary/aromatic N) is 3. The lowest BCUT2D eigenvalue weighted by Crippen LogP contribution is -2.33. The molecule has 5 nitrogen and oxygen atoms in total. The molecule has 88 valence electrons. The van der Waals surface area contributed by atoms with E-state index in [0.29, 0.717) is 25.2 Å². The fourth-order valence-electron chi connectivity index (χ4n) is 1.89. The molecule has 2 rings (SSSR count). The van der Waals surface area contributed by atoms with E-state index in [4.69, 9.17) is 0 Å². The molecule has 0 saturated carbocycles. The summed E-state index contributed by atoms with van der Waals surface area (Å²) in [7, 11) is 0. The smallest absolute Gasteiger partial charge is 0.275 e. The van der Waals surface area contributed by atoms with Gasteiger partial charge in [0.2, 0.25) is 0 Å². The van der Waals surface area contributed by atoms with Crippen molar-refractivity contribution in [2.75, 3.05) is 13.1 Å². The van der Waals surface area contributed by atoms with Crippen LogP contribution in [0.1, 0.15) is 36.7 Å². The van der Waals surface area contributed by atoms with E-state index < -0.39 is 5.60 Å². The fraction of sp³-hybridized carbons (Fsp3) is 0.700. The highest BCUT2D eigenvalue weighted by Crippen LogP contribution is 2.22. The Balaban J connectivity index is 2.03. The molecule has 0 spiro atoms. The molecular weight excluding hydrogens is 226 g/mol. The van der Waals surface area contributed by atoms with Crippen LogP contribution in [0.25, 0.3) is 0 Å². The van der Waals surface area contributed by atoms with Crippen molar-refractivity contribution in [1.29, 1.82) is 0 Å². The molecular formula is C10H15N3O2S. The third-order valence-corrected chi connectivity index (χ3v) is 3.41. The molecule has 6 heteroatoms. The molecule has 1 N–H and O–H groups in total. The second kappa shape index (κ2) is 4.47. The van der Waals surface area contributed by atoms with Gasteiger partial charge >= 0.3 is 0 Å². The number of aromatic nitrogens is 2. The molecule has 1 atom stereocenters. The van der Waals surface area contributed by atoms with Crippen LogP contribution in [0.3, 0.4) is 0 Å². The van der Waals surface area contributed by atoms with Crippen molar-refractivity contribution in [3.8, 4) is 0 Å². The summed E-state index contributed by atoms with van der Waals surface area (Å²) < 4.78 is 7.76. The number of hydrogen-bond acceptors (Lipinski definition) is 5. The Morgan fingerprint density at radius 3 is 3.06 bits per heavy atom. The lowest BCUT2D eigenvalue weighted by atomic mass is 9.98. The number of hydrogen-bond donors (Lipinski definition) is 1. The number of carbonyl (C=O) groups excluding carboxylic acids is 1. The van der Waals surface area contributed by atoms with Crippen molar-refractivity contribution in [2.45, 2.75) is 31.8 Å². The predicted octanol–water partition coefficient (Wildman–Crippen LogP) is 0.915. The van der Waals surface area contributed by atoms with E-state index in [1.165, 1.54) is 6.20 Å². The second-order valence-electron chi connectivity index (χ2n) is 4.44. The normalized spacial score (nSPS) is 26.5. The molecule has 1 amide bonds. The summed E-state index contributed by atoms with van der Waals surface area (Å²) in [4.78, 5) is 13.7. The van der Waals surface area contributed by atoms with Crippen molar-refractivity contribution in [3.63, 3.8) is 0 Å². The number of carbonyl (C=O) groups is 1. The second-order valence-corrected chi connectivity index (χ2v) is 4.99. The highest BCUT2D eigenvalue weighted by molar-refractivity contribution is 6.99. The minimum Gasteiger partial charge on any atom is -0.390 e. The maximum absolute atomic E-state index is 12.0. The Labute approximate surface area is 98.4 Å². The summed E-state index contributed by atoms with van der Waals surface area (Å²) in [6, 6.07) is 0. The molecule has 0 aromatic carbocycles. The quantitative estimate of drug-likeness (QED) is 0.794. The fourth-order valence-corrected chi connectivity index (χ4v) is 2.29. The summed E-state index contributed by atoms with van der Waals surface area (Å²) in [5.74, 6) is -0.0774. The van der Waals surface area contributed by atoms with Gasteiger partial charge < -0.3 is 10.0 Å². The number of likely N-dealkylation sites (tertiary alicyclic amines) is 1. The van der Waals surface area contributed by atoms with Gasteiger partial charge in [0.1, 0.15) is 0 Å². The Morgan fingerprint density at radius 1 is 1.56 bits per heavy atom. The largest absolute Gasteiger partial charge is 0.390 e. The highest BCUT2D eigenvalue weighted by atomic mass is 32.1. The monoisotopic (exact) mass is 241 g/mol. The maximum Gasteiger partial charge on any atom is 0.275 e. The van der Waals surface area contributed by atoms with Gasteiger partial charge in [0.25, 0.3) is 5.91 Å². The molecule has 1 aliphatic rings. The topological polar surface area (TPSA) is 66.3 Å². The van der Waals surface area contributed by atoms with Gasteiger partial charge in [-0.3, -0.25) is 4.79 Å². The summed E-state index contributed by atoms with van der Waals surface area (Å²) in [5.41, 5.74) is -0.235. The van der Waals surface area contributed by atoms with Gasteiger partial charge in [-0.2, -0.15) is 8.75 Å². The van der Waals surface area contributed by atoms with Crippen LogP contribution in [-0.4, -0.2) is 43.4 Å². The van der Waals surface area contributed by atoms with E-state index in [2.05, 4.69) is 8.75 Å². The van der Waals surface area contributed by atoms with Crippen LogP contribution in [0.5, 0.6) is 0 Å². The van der Waals surface area contributed by atoms with Crippen molar-refractivity contribution < 1.29 is 9.90 Å². The molecule has 1 aromatic heterocycles. The lowest BCUT2D eigenvalue weighted by molar-refractivity contribution is 0.0437. The van der Waals surface area contributed by atoms with Crippen molar-refractivity contribution in [2.24, 2.45) is 0 Å². The molecule has 2 heterocycles. The Hall–Kier alpha value is -1.01. The lowest BCUT2D eigenvalue weighted by Gasteiger charge is -2.21. The average molecular weight is 241 g/mol. The molecule has 16 heavy (non-hydrogen) atoms. The van der Waals surface area contributed by atoms with E-state index in [1.807, 2.05) is 6.92 Å². The van der Waals surface area contributed by atoms with Crippen LogP contribution in [0, 0.1) is 0 Å². The van der Waals surface area contributed by atoms with E-state index in [1.54, 1.807) is 4.90 Å². The van der Waals surface area contributed by atoms with Crippen molar-refractivity contribution in [1.82, 2.24) is 13.6 Å². The van der Waals surface area contributed by atoms with Crippen LogP contribution >= 0.6 is 11.7 Å². The molecule has 0 radical (unpaired) electrons. The van der Waals surface area contributed by atoms with Gasteiger partial charge in [-0.05, 0) is 26.2 Å². The van der Waals surface area contributed by atoms with Gasteiger partial charge in [-0.15, -0.1) is 0 Å². The molecule has 0 aliphatic carbocycles. The van der Waals surface area contributed by atoms with Gasteiger partial charge in [-0.1, -0.05) is 0 Å². The Morgan fingerprint density at radius 2 is 2.38 bits per heavy atom. The average Bonchev–Trinajstić information content (AvgIpc) is 2.69. The zero-order chi connectivity index (χ0) is 11.6. The summed E-state index contributed by atoms with van der Waals surface area (Å²) >= 11 is 1.04. The predicted molar refractivity (Wildman–Crippen MR) is 60.3 cm³/mol. The third-order valence-electron chi connectivity index (χ3n) is 2.93.